The van der Waals surface area contributed by atoms with E-state index in [-0.39, 0.29) is 0 Å². The molecule has 5 aliphatic rings. The Labute approximate surface area is 231 Å². The number of nitrogens with zero attached hydrogens (tertiary/aromatic N) is 4. The monoisotopic (exact) mass is 514 g/mol. The van der Waals surface area contributed by atoms with Gasteiger partial charge in [-0.05, 0) is 78.0 Å². The molecule has 0 N–H and O–H groups in total. The number of hydrogen-bond donors (Lipinski definition) is 0. The maximum atomic E-state index is 11.2. The van der Waals surface area contributed by atoms with Crippen LogP contribution in [-0.2, 0) is 4.79 Å². The highest BCUT2D eigenvalue weighted by molar-refractivity contribution is 6.40. The van der Waals surface area contributed by atoms with Crippen LogP contribution in [0.3, 0.4) is 0 Å². The van der Waals surface area contributed by atoms with Gasteiger partial charge >= 0.3 is 0 Å². The highest BCUT2D eigenvalue weighted by atomic mass is 16.1. The Kier molecular flexibility index (Phi) is 5.87. The SMILES string of the molecule is O=CC=CC1=C2C=CC(=N2)C=C2C=CC(=N2)C=C2N=C(C=C3C=CC1=N3)C(c1ccccc1)=C2c1ccccc1. The summed E-state index contributed by atoms with van der Waals surface area (Å²) in [6.07, 6.45) is 21.8. The maximum Gasteiger partial charge on any atom is 0.142 e. The van der Waals surface area contributed by atoms with Crippen molar-refractivity contribution in [2.75, 3.05) is 0 Å². The number of benzene rings is 2. The van der Waals surface area contributed by atoms with Crippen molar-refractivity contribution in [1.29, 1.82) is 0 Å². The second kappa shape index (κ2) is 9.97. The average Bonchev–Trinajstić information content (AvgIpc) is 3.79. The highest BCUT2D eigenvalue weighted by Gasteiger charge is 2.27. The van der Waals surface area contributed by atoms with Gasteiger partial charge in [0.15, 0.2) is 0 Å². The number of carbonyl (C=O) groups is 1. The molecule has 0 unspecified atom stereocenters. The van der Waals surface area contributed by atoms with Crippen molar-refractivity contribution in [1.82, 2.24) is 0 Å². The van der Waals surface area contributed by atoms with Crippen LogP contribution in [0.1, 0.15) is 11.1 Å². The van der Waals surface area contributed by atoms with E-state index in [1.54, 1.807) is 6.08 Å². The zero-order chi connectivity index (χ0) is 26.9. The van der Waals surface area contributed by atoms with Crippen molar-refractivity contribution >= 4 is 40.3 Å². The number of aldehydes is 1. The zero-order valence-corrected chi connectivity index (χ0v) is 21.4. The quantitative estimate of drug-likeness (QED) is 0.328. The van der Waals surface area contributed by atoms with Crippen LogP contribution in [0.5, 0.6) is 0 Å². The van der Waals surface area contributed by atoms with Crippen LogP contribution in [-0.4, -0.2) is 29.1 Å². The molecule has 0 aromatic heterocycles. The van der Waals surface area contributed by atoms with Gasteiger partial charge < -0.3 is 0 Å². The Balaban J connectivity index is 1.49. The molecule has 5 aliphatic heterocycles. The first kappa shape index (κ1) is 23.6. The van der Waals surface area contributed by atoms with Crippen LogP contribution < -0.4 is 0 Å². The second-order valence-corrected chi connectivity index (χ2v) is 9.51. The van der Waals surface area contributed by atoms with Crippen LogP contribution in [0.15, 0.2) is 176 Å². The van der Waals surface area contributed by atoms with Gasteiger partial charge in [0.2, 0.25) is 0 Å². The zero-order valence-electron chi connectivity index (χ0n) is 21.4. The number of hydrogen-bond acceptors (Lipinski definition) is 5. The normalized spacial score (nSPS) is 19.1. The van der Waals surface area contributed by atoms with E-state index in [1.807, 2.05) is 91.1 Å². The second-order valence-electron chi connectivity index (χ2n) is 9.51. The number of carbonyl (C=O) groups excluding carboxylic acids is 1. The van der Waals surface area contributed by atoms with Crippen molar-refractivity contribution in [3.8, 4) is 0 Å². The molecule has 188 valence electrons. The average molecular weight is 515 g/mol. The van der Waals surface area contributed by atoms with Gasteiger partial charge in [-0.1, -0.05) is 60.7 Å². The maximum absolute atomic E-state index is 11.2. The van der Waals surface area contributed by atoms with Crippen molar-refractivity contribution in [2.24, 2.45) is 20.0 Å². The standard InChI is InChI=1S/C35H22N4O/c40-19-7-12-29-30-17-15-26(37-30)20-25-13-14-27(36-25)21-32-34(23-8-3-1-4-9-23)35(24-10-5-2-6-11-24)33(39-32)22-28-16-18-31(29)38-28/h1-22H. The van der Waals surface area contributed by atoms with Crippen molar-refractivity contribution < 1.29 is 4.79 Å². The molecule has 5 nitrogen and oxygen atoms in total. The van der Waals surface area contributed by atoms with Gasteiger partial charge in [-0.25, -0.2) is 20.0 Å². The molecule has 0 atom stereocenters. The highest BCUT2D eigenvalue weighted by Crippen LogP contribution is 2.40. The summed E-state index contributed by atoms with van der Waals surface area (Å²) >= 11 is 0. The minimum atomic E-state index is 0.734. The lowest BCUT2D eigenvalue weighted by atomic mass is 9.91. The number of fused-ring (bicyclic) bond motifs is 4. The first-order valence-electron chi connectivity index (χ1n) is 13.0. The predicted molar refractivity (Wildman–Crippen MR) is 163 cm³/mol. The van der Waals surface area contributed by atoms with Gasteiger partial charge in [0, 0.05) is 16.7 Å². The summed E-state index contributed by atoms with van der Waals surface area (Å²) in [7, 11) is 0. The molecule has 0 amide bonds. The molecule has 2 aromatic rings. The molecular weight excluding hydrogens is 492 g/mol. The molecule has 0 spiro atoms. The smallest absolute Gasteiger partial charge is 0.142 e. The van der Waals surface area contributed by atoms with Crippen molar-refractivity contribution in [2.45, 2.75) is 0 Å². The van der Waals surface area contributed by atoms with E-state index < -0.39 is 0 Å². The van der Waals surface area contributed by atoms with E-state index in [1.165, 1.54) is 6.08 Å². The van der Waals surface area contributed by atoms with Gasteiger partial charge in [-0.2, -0.15) is 0 Å². The van der Waals surface area contributed by atoms with E-state index in [0.29, 0.717) is 0 Å². The summed E-state index contributed by atoms with van der Waals surface area (Å²) in [5.74, 6) is 0. The molecule has 2 aromatic carbocycles. The topological polar surface area (TPSA) is 66.5 Å². The van der Waals surface area contributed by atoms with Crippen LogP contribution in [0.4, 0.5) is 0 Å². The lowest BCUT2D eigenvalue weighted by molar-refractivity contribution is -0.104. The number of allylic oxidation sites excluding steroid dienone is 14. The van der Waals surface area contributed by atoms with E-state index in [2.05, 4.69) is 24.3 Å². The molecule has 8 bridgehead atoms. The molecular formula is C35H22N4O. The molecule has 7 rings (SSSR count). The molecule has 5 heterocycles. The van der Waals surface area contributed by atoms with Gasteiger partial charge in [0.05, 0.1) is 45.6 Å². The van der Waals surface area contributed by atoms with Crippen LogP contribution >= 0.6 is 0 Å². The van der Waals surface area contributed by atoms with Gasteiger partial charge in [0.1, 0.15) is 6.29 Å². The number of aliphatic imine (C=N–C) groups is 4. The Morgan fingerprint density at radius 3 is 2.00 bits per heavy atom. The number of rotatable bonds is 4. The summed E-state index contributed by atoms with van der Waals surface area (Å²) in [4.78, 5) is 30.9. The van der Waals surface area contributed by atoms with Crippen LogP contribution in [0, 0.1) is 0 Å². The Bertz CT molecular complexity index is 1860. The fourth-order valence-electron chi connectivity index (χ4n) is 5.14. The molecule has 0 fully saturated rings. The van der Waals surface area contributed by atoms with E-state index >= 15 is 0 Å². The fraction of sp³-hybridized carbons (Fsp3) is 0. The van der Waals surface area contributed by atoms with Crippen LogP contribution in [0.25, 0.3) is 11.1 Å². The Morgan fingerprint density at radius 1 is 0.550 bits per heavy atom. The van der Waals surface area contributed by atoms with E-state index in [0.717, 1.165) is 79.8 Å². The Hall–Kier alpha value is -5.55. The Morgan fingerprint density at radius 2 is 1.23 bits per heavy atom. The minimum Gasteiger partial charge on any atom is -0.299 e. The third-order valence-electron chi connectivity index (χ3n) is 6.89. The molecule has 0 aliphatic carbocycles. The summed E-state index contributed by atoms with van der Waals surface area (Å²) < 4.78 is 0. The first-order chi connectivity index (χ1) is 19.7. The minimum absolute atomic E-state index is 0.734. The summed E-state index contributed by atoms with van der Waals surface area (Å²) in [5.41, 5.74) is 11.3. The van der Waals surface area contributed by atoms with Crippen molar-refractivity contribution in [3.05, 3.63) is 167 Å². The lowest BCUT2D eigenvalue weighted by Crippen LogP contribution is -1.99. The molecule has 0 saturated heterocycles. The fourth-order valence-corrected chi connectivity index (χ4v) is 5.14. The summed E-state index contributed by atoms with van der Waals surface area (Å²) in [6.45, 7) is 0. The van der Waals surface area contributed by atoms with Crippen LogP contribution in [0.2, 0.25) is 0 Å². The third kappa shape index (κ3) is 4.40. The third-order valence-corrected chi connectivity index (χ3v) is 6.89. The first-order valence-corrected chi connectivity index (χ1v) is 13.0. The summed E-state index contributed by atoms with van der Waals surface area (Å²) in [6, 6.07) is 20.7. The van der Waals surface area contributed by atoms with Crippen molar-refractivity contribution in [3.63, 3.8) is 0 Å². The van der Waals surface area contributed by atoms with E-state index in [4.69, 9.17) is 20.0 Å². The molecule has 40 heavy (non-hydrogen) atoms. The summed E-state index contributed by atoms with van der Waals surface area (Å²) in [5, 5.41) is 0. The van der Waals surface area contributed by atoms with E-state index in [9.17, 15) is 4.79 Å². The van der Waals surface area contributed by atoms with Gasteiger partial charge in [-0.3, -0.25) is 4.79 Å². The predicted octanol–water partition coefficient (Wildman–Crippen LogP) is 6.76. The van der Waals surface area contributed by atoms with Gasteiger partial charge in [-0.15, -0.1) is 0 Å². The van der Waals surface area contributed by atoms with Gasteiger partial charge in [0.25, 0.3) is 0 Å². The molecule has 0 saturated carbocycles. The lowest BCUT2D eigenvalue weighted by Gasteiger charge is -2.10. The largest absolute Gasteiger partial charge is 0.299 e. The molecule has 0 radical (unpaired) electrons. The molecule has 5 heteroatoms.